The molecule has 0 spiro atoms. The van der Waals surface area contributed by atoms with E-state index in [1.54, 1.807) is 16.6 Å². The standard InChI is InChI=1S/C23H25N7O/c1-15-10-9-11-16(2)21(15)30-23(24-26-27-30)22(28(5)14-31)20-17(3)25-29(18(20)4)19-12-7-6-8-13-19/h6-14,22H,1-5H3. The van der Waals surface area contributed by atoms with Gasteiger partial charge in [0.1, 0.15) is 6.04 Å². The molecule has 8 nitrogen and oxygen atoms in total. The zero-order chi connectivity index (χ0) is 22.1. The Balaban J connectivity index is 1.92. The van der Waals surface area contributed by atoms with Gasteiger partial charge in [-0.25, -0.2) is 4.68 Å². The number of carbonyl (C=O) groups is 1. The van der Waals surface area contributed by atoms with Crippen LogP contribution >= 0.6 is 0 Å². The summed E-state index contributed by atoms with van der Waals surface area (Å²) in [5, 5.41) is 17.4. The third-order valence-corrected chi connectivity index (χ3v) is 5.58. The topological polar surface area (TPSA) is 81.7 Å². The number of benzene rings is 2. The Kier molecular flexibility index (Phi) is 5.37. The summed E-state index contributed by atoms with van der Waals surface area (Å²) in [7, 11) is 1.74. The third kappa shape index (κ3) is 3.50. The van der Waals surface area contributed by atoms with Gasteiger partial charge in [-0.05, 0) is 61.4 Å². The monoisotopic (exact) mass is 415 g/mol. The van der Waals surface area contributed by atoms with E-state index in [1.807, 2.05) is 80.9 Å². The minimum absolute atomic E-state index is 0.496. The molecule has 2 aromatic carbocycles. The zero-order valence-corrected chi connectivity index (χ0v) is 18.3. The van der Waals surface area contributed by atoms with Crippen LogP contribution in [-0.4, -0.2) is 48.3 Å². The Morgan fingerprint density at radius 2 is 1.61 bits per heavy atom. The lowest BCUT2D eigenvalue weighted by Crippen LogP contribution is -2.28. The maximum Gasteiger partial charge on any atom is 0.210 e. The number of rotatable bonds is 6. The number of carbonyl (C=O) groups excluding carboxylic acids is 1. The van der Waals surface area contributed by atoms with Gasteiger partial charge in [-0.1, -0.05) is 36.4 Å². The molecule has 0 aliphatic heterocycles. The molecule has 0 N–H and O–H groups in total. The minimum Gasteiger partial charge on any atom is -0.334 e. The first-order chi connectivity index (χ1) is 14.9. The molecule has 31 heavy (non-hydrogen) atoms. The van der Waals surface area contributed by atoms with Crippen molar-refractivity contribution in [3.05, 3.63) is 82.4 Å². The average Bonchev–Trinajstić information content (AvgIpc) is 3.34. The number of nitrogens with zero attached hydrogens (tertiary/aromatic N) is 7. The van der Waals surface area contributed by atoms with Gasteiger partial charge in [-0.15, -0.1) is 5.10 Å². The molecule has 4 aromatic rings. The first-order valence-corrected chi connectivity index (χ1v) is 10.1. The van der Waals surface area contributed by atoms with E-state index in [9.17, 15) is 4.79 Å². The van der Waals surface area contributed by atoms with E-state index in [0.29, 0.717) is 5.82 Å². The highest BCUT2D eigenvalue weighted by Crippen LogP contribution is 2.33. The number of para-hydroxylation sites is 2. The lowest BCUT2D eigenvalue weighted by Gasteiger charge is -2.25. The molecule has 1 atom stereocenters. The summed E-state index contributed by atoms with van der Waals surface area (Å²) in [5.41, 5.74) is 6.62. The van der Waals surface area contributed by atoms with Crippen LogP contribution in [0.2, 0.25) is 0 Å². The van der Waals surface area contributed by atoms with Crippen LogP contribution in [0.25, 0.3) is 11.4 Å². The largest absolute Gasteiger partial charge is 0.334 e. The summed E-state index contributed by atoms with van der Waals surface area (Å²) in [5.74, 6) is 0.561. The molecule has 1 unspecified atom stereocenters. The van der Waals surface area contributed by atoms with Crippen LogP contribution in [0, 0.1) is 27.7 Å². The molecule has 0 saturated heterocycles. The Morgan fingerprint density at radius 3 is 2.26 bits per heavy atom. The molecule has 0 radical (unpaired) electrons. The predicted octanol–water partition coefficient (Wildman–Crippen LogP) is 3.26. The van der Waals surface area contributed by atoms with Crippen molar-refractivity contribution in [3.8, 4) is 11.4 Å². The maximum atomic E-state index is 11.9. The van der Waals surface area contributed by atoms with Gasteiger partial charge in [0.25, 0.3) is 0 Å². The quantitative estimate of drug-likeness (QED) is 0.452. The van der Waals surface area contributed by atoms with Crippen LogP contribution in [0.1, 0.15) is 39.9 Å². The number of aryl methyl sites for hydroxylation is 3. The van der Waals surface area contributed by atoms with Gasteiger partial charge in [0.2, 0.25) is 6.41 Å². The predicted molar refractivity (Wildman–Crippen MR) is 117 cm³/mol. The molecule has 0 aliphatic rings. The van der Waals surface area contributed by atoms with E-state index >= 15 is 0 Å². The van der Waals surface area contributed by atoms with E-state index in [1.165, 1.54) is 0 Å². The van der Waals surface area contributed by atoms with E-state index in [4.69, 9.17) is 5.10 Å². The molecule has 2 aromatic heterocycles. The molecule has 0 bridgehead atoms. The van der Waals surface area contributed by atoms with E-state index in [2.05, 4.69) is 15.5 Å². The Hall–Kier alpha value is -3.81. The van der Waals surface area contributed by atoms with Crippen molar-refractivity contribution in [1.82, 2.24) is 34.9 Å². The number of tetrazole rings is 1. The average molecular weight is 416 g/mol. The minimum atomic E-state index is -0.496. The van der Waals surface area contributed by atoms with Gasteiger partial charge in [0.05, 0.1) is 17.1 Å². The molecule has 4 rings (SSSR count). The highest BCUT2D eigenvalue weighted by Gasteiger charge is 2.31. The lowest BCUT2D eigenvalue weighted by atomic mass is 10.0. The van der Waals surface area contributed by atoms with Gasteiger partial charge < -0.3 is 4.90 Å². The third-order valence-electron chi connectivity index (χ3n) is 5.58. The van der Waals surface area contributed by atoms with Crippen LogP contribution in [-0.2, 0) is 4.79 Å². The Bertz CT molecular complexity index is 1210. The summed E-state index contributed by atoms with van der Waals surface area (Å²) in [4.78, 5) is 13.5. The van der Waals surface area contributed by atoms with Crippen molar-refractivity contribution in [3.63, 3.8) is 0 Å². The summed E-state index contributed by atoms with van der Waals surface area (Å²) in [6, 6.07) is 15.5. The van der Waals surface area contributed by atoms with Crippen LogP contribution in [0.3, 0.4) is 0 Å². The van der Waals surface area contributed by atoms with Crippen molar-refractivity contribution in [2.75, 3.05) is 7.05 Å². The Morgan fingerprint density at radius 1 is 0.935 bits per heavy atom. The van der Waals surface area contributed by atoms with Gasteiger partial charge in [0.15, 0.2) is 5.82 Å². The highest BCUT2D eigenvalue weighted by atomic mass is 16.1. The van der Waals surface area contributed by atoms with Crippen molar-refractivity contribution >= 4 is 6.41 Å². The van der Waals surface area contributed by atoms with Crippen molar-refractivity contribution in [1.29, 1.82) is 0 Å². The van der Waals surface area contributed by atoms with Crippen molar-refractivity contribution in [2.45, 2.75) is 33.7 Å². The summed E-state index contributed by atoms with van der Waals surface area (Å²) in [6.07, 6.45) is 0.799. The summed E-state index contributed by atoms with van der Waals surface area (Å²) < 4.78 is 3.62. The van der Waals surface area contributed by atoms with Gasteiger partial charge in [-0.3, -0.25) is 4.79 Å². The molecule has 8 heteroatoms. The molecular formula is C23H25N7O. The fraction of sp³-hybridized carbons (Fsp3) is 0.261. The zero-order valence-electron chi connectivity index (χ0n) is 18.3. The van der Waals surface area contributed by atoms with Gasteiger partial charge in [-0.2, -0.15) is 9.78 Å². The highest BCUT2D eigenvalue weighted by molar-refractivity contribution is 5.53. The second-order valence-corrected chi connectivity index (χ2v) is 7.69. The molecule has 158 valence electrons. The fourth-order valence-electron chi connectivity index (χ4n) is 4.11. The lowest BCUT2D eigenvalue weighted by molar-refractivity contribution is -0.118. The van der Waals surface area contributed by atoms with E-state index in [0.717, 1.165) is 45.9 Å². The Labute approximate surface area is 181 Å². The van der Waals surface area contributed by atoms with Crippen molar-refractivity contribution < 1.29 is 4.79 Å². The van der Waals surface area contributed by atoms with Crippen LogP contribution in [0.5, 0.6) is 0 Å². The number of hydrogen-bond donors (Lipinski definition) is 0. The second-order valence-electron chi connectivity index (χ2n) is 7.69. The van der Waals surface area contributed by atoms with Gasteiger partial charge in [0, 0.05) is 18.3 Å². The molecule has 0 aliphatic carbocycles. The fourth-order valence-corrected chi connectivity index (χ4v) is 4.11. The molecule has 2 heterocycles. The molecule has 0 saturated carbocycles. The maximum absolute atomic E-state index is 11.9. The summed E-state index contributed by atoms with van der Waals surface area (Å²) in [6.45, 7) is 7.99. The molecule has 0 fully saturated rings. The number of hydrogen-bond acceptors (Lipinski definition) is 5. The SMILES string of the molecule is Cc1cccc(C)c1-n1nnnc1C(c1c(C)nn(-c2ccccc2)c1C)N(C)C=O. The first-order valence-electron chi connectivity index (χ1n) is 10.1. The number of amides is 1. The van der Waals surface area contributed by atoms with E-state index in [-0.39, 0.29) is 0 Å². The van der Waals surface area contributed by atoms with Crippen LogP contribution in [0.15, 0.2) is 48.5 Å². The molecule has 1 amide bonds. The van der Waals surface area contributed by atoms with Crippen LogP contribution in [0.4, 0.5) is 0 Å². The molecular weight excluding hydrogens is 390 g/mol. The first kappa shape index (κ1) is 20.5. The van der Waals surface area contributed by atoms with Gasteiger partial charge >= 0.3 is 0 Å². The van der Waals surface area contributed by atoms with Crippen molar-refractivity contribution in [2.24, 2.45) is 0 Å². The van der Waals surface area contributed by atoms with Crippen LogP contribution < -0.4 is 0 Å². The normalized spacial score (nSPS) is 12.0. The number of aromatic nitrogens is 6. The van der Waals surface area contributed by atoms with E-state index < -0.39 is 6.04 Å². The smallest absolute Gasteiger partial charge is 0.210 e. The summed E-state index contributed by atoms with van der Waals surface area (Å²) >= 11 is 0. The second kappa shape index (κ2) is 8.14.